The largest absolute Gasteiger partial charge is 0.396 e. The Balaban J connectivity index is 0.000000162. The van der Waals surface area contributed by atoms with Crippen LogP contribution in [0, 0.1) is 0 Å². The van der Waals surface area contributed by atoms with E-state index in [2.05, 4.69) is 69.2 Å². The highest BCUT2D eigenvalue weighted by Crippen LogP contribution is 2.31. The van der Waals surface area contributed by atoms with Crippen molar-refractivity contribution < 1.29 is 10.2 Å². The number of nitrogens with zero attached hydrogens (tertiary/aromatic N) is 8. The average Bonchev–Trinajstić information content (AvgIpc) is 3.55. The standard InChI is InChI=1S/C14H19BrN4OS.C13H17BrN4O/c1-21-13-8-12(17-14-11(15)9-16-19(13)14)18-6-3-2-4-10(18)5-7-20;14-11-9-15-18-7-4-12(16-13(11)18)17-6-2-1-3-10(17)5-8-19/h8-10,20H,2-7H2,1H3;4,7,9-10,19H,1-3,5-6,8H2/t2*10-/m00/s1. The van der Waals surface area contributed by atoms with E-state index in [0.29, 0.717) is 12.1 Å². The fraction of sp³-hybridized carbons (Fsp3) is 0.556. The SMILES string of the molecule is CSc1cc(N2CCCC[C@H]2CCO)nc2c(Br)cnn12.OCC[C@@H]1CCCCN1c1ccn2ncc(Br)c2n1. The van der Waals surface area contributed by atoms with Crippen molar-refractivity contribution in [3.05, 3.63) is 39.7 Å². The van der Waals surface area contributed by atoms with Crippen LogP contribution in [-0.4, -0.2) is 84.1 Å². The third-order valence-corrected chi connectivity index (χ3v) is 9.50. The minimum absolute atomic E-state index is 0.231. The van der Waals surface area contributed by atoms with E-state index in [1.54, 1.807) is 28.7 Å². The van der Waals surface area contributed by atoms with Gasteiger partial charge in [-0.1, -0.05) is 0 Å². The molecule has 6 rings (SSSR count). The van der Waals surface area contributed by atoms with Gasteiger partial charge < -0.3 is 20.0 Å². The van der Waals surface area contributed by atoms with Crippen LogP contribution in [0.4, 0.5) is 11.6 Å². The Morgan fingerprint density at radius 1 is 0.850 bits per heavy atom. The predicted molar refractivity (Wildman–Crippen MR) is 167 cm³/mol. The van der Waals surface area contributed by atoms with Gasteiger partial charge in [0.05, 0.1) is 21.3 Å². The van der Waals surface area contributed by atoms with Gasteiger partial charge in [0.15, 0.2) is 11.3 Å². The molecular formula is C27H36Br2N8O2S. The molecule has 6 heterocycles. The van der Waals surface area contributed by atoms with Crippen LogP contribution in [0.2, 0.25) is 0 Å². The molecule has 2 aliphatic heterocycles. The number of hydrogen-bond donors (Lipinski definition) is 2. The normalized spacial score (nSPS) is 19.7. The number of aromatic nitrogens is 6. The van der Waals surface area contributed by atoms with E-state index in [1.165, 1.54) is 25.7 Å². The first-order chi connectivity index (χ1) is 19.5. The van der Waals surface area contributed by atoms with Crippen molar-refractivity contribution in [3.8, 4) is 0 Å². The number of fused-ring (bicyclic) bond motifs is 2. The van der Waals surface area contributed by atoms with E-state index in [0.717, 1.165) is 75.7 Å². The lowest BCUT2D eigenvalue weighted by Gasteiger charge is -2.36. The number of hydrogen-bond acceptors (Lipinski definition) is 9. The second-order valence-electron chi connectivity index (χ2n) is 10.1. The summed E-state index contributed by atoms with van der Waals surface area (Å²) in [5.74, 6) is 1.97. The first-order valence-electron chi connectivity index (χ1n) is 13.9. The molecule has 216 valence electrons. The van der Waals surface area contributed by atoms with Gasteiger partial charge in [-0.2, -0.15) is 10.2 Å². The van der Waals surface area contributed by atoms with Gasteiger partial charge in [0, 0.05) is 50.7 Å². The fourth-order valence-corrected chi connectivity index (χ4v) is 6.92. The molecule has 2 aliphatic rings. The average molecular weight is 697 g/mol. The molecule has 2 saturated heterocycles. The van der Waals surface area contributed by atoms with E-state index in [4.69, 9.17) is 4.98 Å². The van der Waals surface area contributed by atoms with Crippen LogP contribution < -0.4 is 9.80 Å². The second kappa shape index (κ2) is 13.8. The van der Waals surface area contributed by atoms with Gasteiger partial charge in [0.25, 0.3) is 0 Å². The van der Waals surface area contributed by atoms with Crippen molar-refractivity contribution in [2.24, 2.45) is 0 Å². The van der Waals surface area contributed by atoms with Gasteiger partial charge >= 0.3 is 0 Å². The molecule has 0 spiro atoms. The number of aliphatic hydroxyl groups excluding tert-OH is 2. The molecule has 0 radical (unpaired) electrons. The molecule has 0 aliphatic carbocycles. The maximum atomic E-state index is 9.29. The highest BCUT2D eigenvalue weighted by atomic mass is 79.9. The van der Waals surface area contributed by atoms with Crippen LogP contribution in [-0.2, 0) is 0 Å². The fourth-order valence-electron chi connectivity index (χ4n) is 5.68. The predicted octanol–water partition coefficient (Wildman–Crippen LogP) is 5.19. The first kappa shape index (κ1) is 29.6. The number of aliphatic hydroxyl groups is 2. The summed E-state index contributed by atoms with van der Waals surface area (Å²) in [5, 5.41) is 28.1. The maximum Gasteiger partial charge on any atom is 0.172 e. The molecule has 2 atom stereocenters. The van der Waals surface area contributed by atoms with E-state index < -0.39 is 0 Å². The van der Waals surface area contributed by atoms with Gasteiger partial charge in [-0.25, -0.2) is 19.0 Å². The van der Waals surface area contributed by atoms with E-state index in [1.807, 2.05) is 16.8 Å². The van der Waals surface area contributed by atoms with Crippen LogP contribution >= 0.6 is 43.6 Å². The molecule has 10 nitrogen and oxygen atoms in total. The lowest BCUT2D eigenvalue weighted by atomic mass is 10.00. The summed E-state index contributed by atoms with van der Waals surface area (Å²) in [4.78, 5) is 14.1. The Morgan fingerprint density at radius 3 is 2.10 bits per heavy atom. The Bertz CT molecular complexity index is 1410. The smallest absolute Gasteiger partial charge is 0.172 e. The third-order valence-electron chi connectivity index (χ3n) is 7.67. The first-order valence-corrected chi connectivity index (χ1v) is 16.7. The summed E-state index contributed by atoms with van der Waals surface area (Å²) in [5.41, 5.74) is 1.69. The topological polar surface area (TPSA) is 107 Å². The third kappa shape index (κ3) is 6.43. The van der Waals surface area contributed by atoms with Crippen molar-refractivity contribution in [2.75, 3.05) is 42.4 Å². The van der Waals surface area contributed by atoms with Gasteiger partial charge in [-0.3, -0.25) is 0 Å². The summed E-state index contributed by atoms with van der Waals surface area (Å²) in [6.45, 7) is 2.49. The minimum atomic E-state index is 0.231. The Morgan fingerprint density at radius 2 is 1.45 bits per heavy atom. The van der Waals surface area contributed by atoms with Gasteiger partial charge in [0.2, 0.25) is 0 Å². The maximum absolute atomic E-state index is 9.29. The summed E-state index contributed by atoms with van der Waals surface area (Å²) in [7, 11) is 0. The zero-order valence-corrected chi connectivity index (χ0v) is 26.7. The van der Waals surface area contributed by atoms with Crippen LogP contribution in [0.5, 0.6) is 0 Å². The zero-order chi connectivity index (χ0) is 28.1. The second-order valence-corrected chi connectivity index (χ2v) is 12.7. The number of piperidine rings is 2. The summed E-state index contributed by atoms with van der Waals surface area (Å²) >= 11 is 8.66. The highest BCUT2D eigenvalue weighted by Gasteiger charge is 2.25. The molecule has 0 amide bonds. The molecule has 0 bridgehead atoms. The van der Waals surface area contributed by atoms with Crippen molar-refractivity contribution in [3.63, 3.8) is 0 Å². The molecule has 4 aromatic heterocycles. The lowest BCUT2D eigenvalue weighted by Crippen LogP contribution is -2.40. The summed E-state index contributed by atoms with van der Waals surface area (Å²) in [6.07, 6.45) is 16.3. The van der Waals surface area contributed by atoms with Crippen molar-refractivity contribution in [2.45, 2.75) is 68.5 Å². The minimum Gasteiger partial charge on any atom is -0.396 e. The van der Waals surface area contributed by atoms with Crippen molar-refractivity contribution in [1.29, 1.82) is 0 Å². The molecule has 0 unspecified atom stereocenters. The van der Waals surface area contributed by atoms with Gasteiger partial charge in [-0.15, -0.1) is 11.8 Å². The monoisotopic (exact) mass is 694 g/mol. The molecule has 0 aromatic carbocycles. The number of anilines is 2. The van der Waals surface area contributed by atoms with Crippen LogP contribution in [0.15, 0.2) is 44.7 Å². The van der Waals surface area contributed by atoms with Crippen molar-refractivity contribution in [1.82, 2.24) is 29.2 Å². The Kier molecular flexibility index (Phi) is 10.2. The molecule has 0 saturated carbocycles. The molecule has 2 fully saturated rings. The molecular weight excluding hydrogens is 660 g/mol. The van der Waals surface area contributed by atoms with Crippen molar-refractivity contribution >= 4 is 66.6 Å². The van der Waals surface area contributed by atoms with Gasteiger partial charge in [-0.05, 0) is 95.5 Å². The van der Waals surface area contributed by atoms with Crippen LogP contribution in [0.1, 0.15) is 51.4 Å². The molecule has 2 N–H and O–H groups in total. The van der Waals surface area contributed by atoms with Crippen LogP contribution in [0.3, 0.4) is 0 Å². The lowest BCUT2D eigenvalue weighted by molar-refractivity contribution is 0.262. The number of thioether (sulfide) groups is 1. The van der Waals surface area contributed by atoms with E-state index in [-0.39, 0.29) is 13.2 Å². The van der Waals surface area contributed by atoms with E-state index >= 15 is 0 Å². The Hall–Kier alpha value is -1.93. The zero-order valence-electron chi connectivity index (χ0n) is 22.7. The summed E-state index contributed by atoms with van der Waals surface area (Å²) < 4.78 is 5.45. The Labute approximate surface area is 255 Å². The molecule has 13 heteroatoms. The highest BCUT2D eigenvalue weighted by molar-refractivity contribution is 9.11. The van der Waals surface area contributed by atoms with Crippen LogP contribution in [0.25, 0.3) is 11.3 Å². The molecule has 40 heavy (non-hydrogen) atoms. The summed E-state index contributed by atoms with van der Waals surface area (Å²) in [6, 6.07) is 4.89. The van der Waals surface area contributed by atoms with E-state index in [9.17, 15) is 10.2 Å². The molecule has 4 aromatic rings. The quantitative estimate of drug-likeness (QED) is 0.200. The number of rotatable bonds is 7. The van der Waals surface area contributed by atoms with Gasteiger partial charge in [0.1, 0.15) is 16.7 Å². The number of halogens is 2.